The first-order chi connectivity index (χ1) is 6.16. The lowest BCUT2D eigenvalue weighted by molar-refractivity contribution is 0.133. The zero-order valence-electron chi connectivity index (χ0n) is 8.58. The molecule has 1 aliphatic heterocycles. The molecular weight excluding hydrogens is 168 g/mol. The Morgan fingerprint density at radius 2 is 2.38 bits per heavy atom. The first kappa shape index (κ1) is 10.9. The quantitative estimate of drug-likeness (QED) is 0.642. The van der Waals surface area contributed by atoms with Gasteiger partial charge in [-0.1, -0.05) is 0 Å². The van der Waals surface area contributed by atoms with E-state index in [1.54, 1.807) is 7.11 Å². The summed E-state index contributed by atoms with van der Waals surface area (Å²) < 4.78 is 10.3. The monoisotopic (exact) mass is 188 g/mol. The van der Waals surface area contributed by atoms with Crippen LogP contribution in [0.5, 0.6) is 0 Å². The molecule has 0 amide bonds. The van der Waals surface area contributed by atoms with Gasteiger partial charge in [-0.05, 0) is 13.5 Å². The summed E-state index contributed by atoms with van der Waals surface area (Å²) in [6.07, 6.45) is 0.963. The van der Waals surface area contributed by atoms with Gasteiger partial charge in [-0.2, -0.15) is 0 Å². The Kier molecular flexibility index (Phi) is 4.12. The highest BCUT2D eigenvalue weighted by Gasteiger charge is 2.31. The van der Waals surface area contributed by atoms with E-state index in [9.17, 15) is 0 Å². The van der Waals surface area contributed by atoms with Crippen LogP contribution in [0, 0.1) is 0 Å². The zero-order valence-corrected chi connectivity index (χ0v) is 8.58. The van der Waals surface area contributed by atoms with Gasteiger partial charge in [0.25, 0.3) is 0 Å². The molecule has 0 radical (unpaired) electrons. The number of nitrogens with two attached hydrogens (primary N) is 1. The van der Waals surface area contributed by atoms with E-state index in [1.165, 1.54) is 0 Å². The van der Waals surface area contributed by atoms with Crippen LogP contribution in [-0.2, 0) is 9.47 Å². The number of hydrogen-bond acceptors (Lipinski definition) is 4. The van der Waals surface area contributed by atoms with Crippen LogP contribution in [0.15, 0.2) is 0 Å². The SMILES string of the molecule is COCCN(C)CC1(N)CCOC1. The third-order valence-electron chi connectivity index (χ3n) is 2.40. The molecule has 0 bridgehead atoms. The van der Waals surface area contributed by atoms with Crippen LogP contribution in [0.25, 0.3) is 0 Å². The van der Waals surface area contributed by atoms with Gasteiger partial charge in [0, 0.05) is 26.8 Å². The van der Waals surface area contributed by atoms with Crippen molar-refractivity contribution in [1.29, 1.82) is 0 Å². The van der Waals surface area contributed by atoms with E-state index in [0.717, 1.165) is 32.7 Å². The molecule has 1 rings (SSSR count). The van der Waals surface area contributed by atoms with Gasteiger partial charge in [-0.3, -0.25) is 0 Å². The van der Waals surface area contributed by atoms with Gasteiger partial charge >= 0.3 is 0 Å². The van der Waals surface area contributed by atoms with Gasteiger partial charge in [0.15, 0.2) is 0 Å². The van der Waals surface area contributed by atoms with E-state index in [0.29, 0.717) is 6.61 Å². The molecule has 1 unspecified atom stereocenters. The predicted molar refractivity (Wildman–Crippen MR) is 51.7 cm³/mol. The fraction of sp³-hybridized carbons (Fsp3) is 1.00. The Morgan fingerprint density at radius 3 is 2.92 bits per heavy atom. The van der Waals surface area contributed by atoms with E-state index in [-0.39, 0.29) is 5.54 Å². The van der Waals surface area contributed by atoms with Crippen molar-refractivity contribution in [3.63, 3.8) is 0 Å². The smallest absolute Gasteiger partial charge is 0.0659 e. The molecule has 0 aromatic carbocycles. The third-order valence-corrected chi connectivity index (χ3v) is 2.40. The van der Waals surface area contributed by atoms with Crippen molar-refractivity contribution in [2.75, 3.05) is 47.1 Å². The molecule has 1 atom stereocenters. The maximum absolute atomic E-state index is 6.12. The van der Waals surface area contributed by atoms with Gasteiger partial charge in [-0.15, -0.1) is 0 Å². The van der Waals surface area contributed by atoms with E-state index in [2.05, 4.69) is 11.9 Å². The predicted octanol–water partition coefficient (Wildman–Crippen LogP) is -0.318. The number of hydrogen-bond donors (Lipinski definition) is 1. The zero-order chi connectivity index (χ0) is 9.73. The van der Waals surface area contributed by atoms with Crippen molar-refractivity contribution in [2.45, 2.75) is 12.0 Å². The maximum Gasteiger partial charge on any atom is 0.0659 e. The molecule has 0 aromatic rings. The molecule has 4 nitrogen and oxygen atoms in total. The van der Waals surface area contributed by atoms with E-state index >= 15 is 0 Å². The van der Waals surface area contributed by atoms with Crippen LogP contribution in [0.1, 0.15) is 6.42 Å². The second-order valence-corrected chi connectivity index (χ2v) is 3.90. The molecule has 1 heterocycles. The summed E-state index contributed by atoms with van der Waals surface area (Å²) in [5.74, 6) is 0. The Morgan fingerprint density at radius 1 is 1.62 bits per heavy atom. The number of ether oxygens (including phenoxy) is 2. The minimum absolute atomic E-state index is 0.136. The van der Waals surface area contributed by atoms with Crippen LogP contribution in [0.3, 0.4) is 0 Å². The molecule has 1 fully saturated rings. The fourth-order valence-corrected chi connectivity index (χ4v) is 1.61. The van der Waals surface area contributed by atoms with Crippen molar-refractivity contribution in [1.82, 2.24) is 4.90 Å². The van der Waals surface area contributed by atoms with Crippen molar-refractivity contribution >= 4 is 0 Å². The largest absolute Gasteiger partial charge is 0.383 e. The summed E-state index contributed by atoms with van der Waals surface area (Å²) in [6.45, 7) is 4.05. The summed E-state index contributed by atoms with van der Waals surface area (Å²) in [4.78, 5) is 2.19. The van der Waals surface area contributed by atoms with E-state index in [4.69, 9.17) is 15.2 Å². The van der Waals surface area contributed by atoms with Crippen molar-refractivity contribution in [3.05, 3.63) is 0 Å². The van der Waals surface area contributed by atoms with Crippen LogP contribution in [0.4, 0.5) is 0 Å². The first-order valence-corrected chi connectivity index (χ1v) is 4.70. The lowest BCUT2D eigenvalue weighted by Crippen LogP contribution is -2.50. The summed E-state index contributed by atoms with van der Waals surface area (Å²) in [6, 6.07) is 0. The van der Waals surface area contributed by atoms with Crippen molar-refractivity contribution in [2.24, 2.45) is 5.73 Å². The molecule has 78 valence electrons. The maximum atomic E-state index is 6.12. The summed E-state index contributed by atoms with van der Waals surface area (Å²) in [7, 11) is 3.77. The van der Waals surface area contributed by atoms with Crippen molar-refractivity contribution in [3.8, 4) is 0 Å². The molecule has 0 saturated carbocycles. The normalized spacial score (nSPS) is 28.6. The molecular formula is C9H20N2O2. The second-order valence-electron chi connectivity index (χ2n) is 3.90. The van der Waals surface area contributed by atoms with Crippen LogP contribution >= 0.6 is 0 Å². The third kappa shape index (κ3) is 3.60. The molecule has 1 aliphatic rings. The lowest BCUT2D eigenvalue weighted by atomic mass is 10.00. The molecule has 2 N–H and O–H groups in total. The average Bonchev–Trinajstić information content (AvgIpc) is 2.48. The highest BCUT2D eigenvalue weighted by Crippen LogP contribution is 2.15. The second kappa shape index (κ2) is 4.91. The summed E-state index contributed by atoms with van der Waals surface area (Å²) in [5.41, 5.74) is 5.99. The van der Waals surface area contributed by atoms with Crippen LogP contribution in [0.2, 0.25) is 0 Å². The molecule has 1 saturated heterocycles. The van der Waals surface area contributed by atoms with Crippen LogP contribution < -0.4 is 5.73 Å². The number of nitrogens with zero attached hydrogens (tertiary/aromatic N) is 1. The Balaban J connectivity index is 2.21. The van der Waals surface area contributed by atoms with Gasteiger partial charge in [0.05, 0.1) is 18.8 Å². The van der Waals surface area contributed by atoms with Crippen molar-refractivity contribution < 1.29 is 9.47 Å². The standard InChI is InChI=1S/C9H20N2O2/c1-11(4-6-12-2)7-9(10)3-5-13-8-9/h3-8,10H2,1-2H3. The summed E-state index contributed by atoms with van der Waals surface area (Å²) >= 11 is 0. The minimum atomic E-state index is -0.136. The number of methoxy groups -OCH3 is 1. The van der Waals surface area contributed by atoms with Crippen LogP contribution in [-0.4, -0.2) is 57.5 Å². The Bertz CT molecular complexity index is 147. The van der Waals surface area contributed by atoms with Gasteiger partial charge in [0.1, 0.15) is 0 Å². The van der Waals surface area contributed by atoms with E-state index < -0.39 is 0 Å². The minimum Gasteiger partial charge on any atom is -0.383 e. The molecule has 13 heavy (non-hydrogen) atoms. The molecule has 0 aromatic heterocycles. The van der Waals surface area contributed by atoms with Gasteiger partial charge < -0.3 is 20.1 Å². The number of rotatable bonds is 5. The highest BCUT2D eigenvalue weighted by atomic mass is 16.5. The van der Waals surface area contributed by atoms with E-state index in [1.807, 2.05) is 0 Å². The number of likely N-dealkylation sites (N-methyl/N-ethyl adjacent to an activating group) is 1. The van der Waals surface area contributed by atoms with Gasteiger partial charge in [0.2, 0.25) is 0 Å². The Labute approximate surface area is 80.0 Å². The highest BCUT2D eigenvalue weighted by molar-refractivity contribution is 4.90. The molecule has 0 spiro atoms. The fourth-order valence-electron chi connectivity index (χ4n) is 1.61. The average molecular weight is 188 g/mol. The molecule has 0 aliphatic carbocycles. The summed E-state index contributed by atoms with van der Waals surface area (Å²) in [5, 5.41) is 0. The topological polar surface area (TPSA) is 47.7 Å². The molecule has 4 heteroatoms. The Hall–Kier alpha value is -0.160. The lowest BCUT2D eigenvalue weighted by Gasteiger charge is -2.28. The van der Waals surface area contributed by atoms with Gasteiger partial charge in [-0.25, -0.2) is 0 Å². The first-order valence-electron chi connectivity index (χ1n) is 4.70.